The smallest absolute Gasteiger partial charge is 0.124 e. The number of aromatic nitrogens is 2. The lowest BCUT2D eigenvalue weighted by molar-refractivity contribution is 0.340. The topological polar surface area (TPSA) is 27.1 Å². The molecule has 0 unspecified atom stereocenters. The highest BCUT2D eigenvalue weighted by Gasteiger charge is 2.10. The summed E-state index contributed by atoms with van der Waals surface area (Å²) in [5.41, 5.74) is 1.62. The van der Waals surface area contributed by atoms with Crippen molar-refractivity contribution in [1.29, 1.82) is 0 Å². The number of rotatable bonds is 4. The monoisotopic (exact) mass is 328 g/mol. The van der Waals surface area contributed by atoms with Crippen LogP contribution in [0.4, 0.5) is 4.39 Å². The van der Waals surface area contributed by atoms with Gasteiger partial charge in [0.15, 0.2) is 0 Å². The molecule has 0 saturated carbocycles. The fourth-order valence-corrected chi connectivity index (χ4v) is 2.94. The van der Waals surface area contributed by atoms with Crippen LogP contribution in [0.3, 0.4) is 0 Å². The van der Waals surface area contributed by atoms with E-state index < -0.39 is 0 Å². The van der Waals surface area contributed by atoms with Gasteiger partial charge in [-0.05, 0) is 49.4 Å². The molecule has 0 spiro atoms. The van der Waals surface area contributed by atoms with E-state index in [-0.39, 0.29) is 5.82 Å². The lowest BCUT2D eigenvalue weighted by Crippen LogP contribution is -2.08. The molecule has 3 nitrogen and oxygen atoms in total. The second-order valence-corrected chi connectivity index (χ2v) is 5.50. The molecule has 3 aromatic rings. The minimum absolute atomic E-state index is 0.312. The summed E-state index contributed by atoms with van der Waals surface area (Å²) >= 11 is 5.60. The van der Waals surface area contributed by atoms with Crippen LogP contribution in [0.25, 0.3) is 16.6 Å². The molecular weight excluding hydrogens is 311 g/mol. The average Bonchev–Trinajstić information content (AvgIpc) is 2.56. The molecule has 0 fully saturated rings. The molecule has 0 radical (unpaired) electrons. The molecule has 0 amide bonds. The van der Waals surface area contributed by atoms with Crippen LogP contribution in [0, 0.1) is 10.5 Å². The molecule has 0 aliphatic carbocycles. The number of benzene rings is 2. The molecule has 0 atom stereocenters. The maximum absolute atomic E-state index is 13.6. The Bertz CT molecular complexity index is 903. The van der Waals surface area contributed by atoms with Crippen LogP contribution in [0.2, 0.25) is 0 Å². The van der Waals surface area contributed by atoms with Crippen molar-refractivity contribution in [2.75, 3.05) is 6.61 Å². The predicted octanol–water partition coefficient (Wildman–Crippen LogP) is 4.86. The normalized spacial score (nSPS) is 10.9. The van der Waals surface area contributed by atoms with Crippen molar-refractivity contribution in [1.82, 2.24) is 9.55 Å². The van der Waals surface area contributed by atoms with Crippen molar-refractivity contribution in [2.45, 2.75) is 20.3 Å². The first-order valence-electron chi connectivity index (χ1n) is 7.58. The van der Waals surface area contributed by atoms with Gasteiger partial charge in [0.05, 0.1) is 12.1 Å². The maximum Gasteiger partial charge on any atom is 0.124 e. The number of ether oxygens (including phenoxy) is 1. The van der Waals surface area contributed by atoms with E-state index in [4.69, 9.17) is 17.0 Å². The van der Waals surface area contributed by atoms with Gasteiger partial charge in [0.25, 0.3) is 0 Å². The summed E-state index contributed by atoms with van der Waals surface area (Å²) in [6, 6.07) is 12.2. The number of fused-ring (bicyclic) bond motifs is 1. The average molecular weight is 328 g/mol. The van der Waals surface area contributed by atoms with E-state index in [0.29, 0.717) is 16.6 Å². The summed E-state index contributed by atoms with van der Waals surface area (Å²) < 4.78 is 21.5. The molecule has 3 rings (SSSR count). The van der Waals surface area contributed by atoms with Crippen molar-refractivity contribution in [3.63, 3.8) is 0 Å². The third-order valence-electron chi connectivity index (χ3n) is 3.62. The number of aryl methyl sites for hydroxylation is 1. The highest BCUT2D eigenvalue weighted by Crippen LogP contribution is 2.22. The van der Waals surface area contributed by atoms with Gasteiger partial charge >= 0.3 is 0 Å². The number of nitrogens with zero attached hydrogens (tertiary/aromatic N) is 2. The zero-order valence-corrected chi connectivity index (χ0v) is 13.9. The van der Waals surface area contributed by atoms with Crippen LogP contribution in [-0.2, 0) is 6.42 Å². The SMILES string of the molecule is CCOc1ccc(-n2c(CC)nc3ccc(F)cc3c2=S)cc1. The molecule has 0 bridgehead atoms. The summed E-state index contributed by atoms with van der Waals surface area (Å²) in [4.78, 5) is 4.63. The Balaban J connectivity index is 2.22. The zero-order chi connectivity index (χ0) is 16.4. The van der Waals surface area contributed by atoms with Crippen LogP contribution in [0.1, 0.15) is 19.7 Å². The second-order valence-electron chi connectivity index (χ2n) is 5.11. The molecule has 0 aliphatic rings. The van der Waals surface area contributed by atoms with Gasteiger partial charge < -0.3 is 4.74 Å². The first-order valence-corrected chi connectivity index (χ1v) is 7.99. The fourth-order valence-electron chi connectivity index (χ4n) is 2.57. The van der Waals surface area contributed by atoms with Crippen LogP contribution in [-0.4, -0.2) is 16.2 Å². The van der Waals surface area contributed by atoms with Gasteiger partial charge in [-0.1, -0.05) is 19.1 Å². The molecule has 1 aromatic heterocycles. The number of halogens is 1. The molecule has 0 saturated heterocycles. The summed E-state index contributed by atoms with van der Waals surface area (Å²) in [5.74, 6) is 1.34. The Morgan fingerprint density at radius 3 is 2.52 bits per heavy atom. The van der Waals surface area contributed by atoms with Crippen molar-refractivity contribution >= 4 is 23.1 Å². The maximum atomic E-state index is 13.6. The second kappa shape index (κ2) is 6.46. The van der Waals surface area contributed by atoms with Gasteiger partial charge in [0.2, 0.25) is 0 Å². The summed E-state index contributed by atoms with van der Waals surface area (Å²) in [6.07, 6.45) is 0.726. The van der Waals surface area contributed by atoms with E-state index in [2.05, 4.69) is 4.98 Å². The van der Waals surface area contributed by atoms with Gasteiger partial charge in [-0.3, -0.25) is 4.57 Å². The van der Waals surface area contributed by atoms with Gasteiger partial charge in [-0.15, -0.1) is 0 Å². The van der Waals surface area contributed by atoms with Crippen molar-refractivity contribution < 1.29 is 9.13 Å². The minimum Gasteiger partial charge on any atom is -0.494 e. The van der Waals surface area contributed by atoms with Gasteiger partial charge in [0, 0.05) is 17.5 Å². The standard InChI is InChI=1S/C18H17FN2OS/c1-3-17-20-16-10-5-12(19)11-15(16)18(23)21(17)13-6-8-14(9-7-13)22-4-2/h5-11H,3-4H2,1-2H3. The van der Waals surface area contributed by atoms with Gasteiger partial charge in [-0.25, -0.2) is 9.37 Å². The first kappa shape index (κ1) is 15.6. The van der Waals surface area contributed by atoms with Crippen molar-refractivity contribution in [3.8, 4) is 11.4 Å². The third-order valence-corrected chi connectivity index (χ3v) is 4.02. The molecule has 0 N–H and O–H groups in total. The van der Waals surface area contributed by atoms with Crippen molar-refractivity contribution in [3.05, 3.63) is 58.7 Å². The van der Waals surface area contributed by atoms with E-state index in [9.17, 15) is 4.39 Å². The van der Waals surface area contributed by atoms with Crippen LogP contribution in [0.5, 0.6) is 5.75 Å². The fraction of sp³-hybridized carbons (Fsp3) is 0.222. The summed E-state index contributed by atoms with van der Waals surface area (Å²) in [7, 11) is 0. The molecule has 2 aromatic carbocycles. The van der Waals surface area contributed by atoms with Gasteiger partial charge in [0.1, 0.15) is 22.0 Å². The predicted molar refractivity (Wildman–Crippen MR) is 92.4 cm³/mol. The van der Waals surface area contributed by atoms with Gasteiger partial charge in [-0.2, -0.15) is 0 Å². The molecular formula is C18H17FN2OS. The lowest BCUT2D eigenvalue weighted by Gasteiger charge is -2.15. The summed E-state index contributed by atoms with van der Waals surface area (Å²) in [6.45, 7) is 4.59. The minimum atomic E-state index is -0.312. The molecule has 23 heavy (non-hydrogen) atoms. The first-order chi connectivity index (χ1) is 11.1. The van der Waals surface area contributed by atoms with E-state index in [1.54, 1.807) is 6.07 Å². The lowest BCUT2D eigenvalue weighted by atomic mass is 10.2. The largest absolute Gasteiger partial charge is 0.494 e. The van der Waals surface area contributed by atoms with Crippen LogP contribution in [0.15, 0.2) is 42.5 Å². The van der Waals surface area contributed by atoms with Crippen LogP contribution < -0.4 is 4.74 Å². The molecule has 0 aliphatic heterocycles. The highest BCUT2D eigenvalue weighted by atomic mass is 32.1. The molecule has 118 valence electrons. The molecule has 1 heterocycles. The zero-order valence-electron chi connectivity index (χ0n) is 13.0. The Kier molecular flexibility index (Phi) is 4.39. The summed E-state index contributed by atoms with van der Waals surface area (Å²) in [5, 5.41) is 0.645. The Hall–Kier alpha value is -2.27. The number of hydrogen-bond acceptors (Lipinski definition) is 3. The third kappa shape index (κ3) is 2.97. The van der Waals surface area contributed by atoms with E-state index in [1.165, 1.54) is 12.1 Å². The van der Waals surface area contributed by atoms with Crippen LogP contribution >= 0.6 is 12.2 Å². The highest BCUT2D eigenvalue weighted by molar-refractivity contribution is 7.71. The molecule has 5 heteroatoms. The Labute approximate surface area is 139 Å². The quantitative estimate of drug-likeness (QED) is 0.640. The number of hydrogen-bond donors (Lipinski definition) is 0. The Morgan fingerprint density at radius 1 is 1.13 bits per heavy atom. The van der Waals surface area contributed by atoms with E-state index in [0.717, 1.165) is 29.2 Å². The van der Waals surface area contributed by atoms with Crippen molar-refractivity contribution in [2.24, 2.45) is 0 Å². The van der Waals surface area contributed by atoms with E-state index in [1.807, 2.05) is 42.7 Å². The van der Waals surface area contributed by atoms with E-state index >= 15 is 0 Å². The Morgan fingerprint density at radius 2 is 1.87 bits per heavy atom.